The van der Waals surface area contributed by atoms with Gasteiger partial charge in [0.15, 0.2) is 5.78 Å². The largest absolute Gasteiger partial charge is 0.399 e. The van der Waals surface area contributed by atoms with Crippen molar-refractivity contribution in [1.82, 2.24) is 9.97 Å². The first-order valence-electron chi connectivity index (χ1n) is 12.9. The molecular weight excluding hydrogens is 446 g/mol. The number of aliphatic hydroxyl groups excluding tert-OH is 1. The van der Waals surface area contributed by atoms with Crippen LogP contribution in [0.15, 0.2) is 61.1 Å². The quantitative estimate of drug-likeness (QED) is 0.313. The molecule has 1 aromatic heterocycles. The molecule has 0 atom stereocenters. The van der Waals surface area contributed by atoms with Crippen molar-refractivity contribution in [2.24, 2.45) is 5.73 Å². The van der Waals surface area contributed by atoms with Crippen LogP contribution in [0.2, 0.25) is 0 Å². The van der Waals surface area contributed by atoms with Gasteiger partial charge in [-0.05, 0) is 93.7 Å². The lowest BCUT2D eigenvalue weighted by Gasteiger charge is -2.16. The van der Waals surface area contributed by atoms with Crippen LogP contribution in [0.3, 0.4) is 0 Å². The Hall–Kier alpha value is -3.05. The fraction of sp³-hybridized carbons (Fsp3) is 0.452. The number of rotatable bonds is 7. The smallest absolute Gasteiger partial charge is 0.159 e. The Morgan fingerprint density at radius 2 is 1.67 bits per heavy atom. The van der Waals surface area contributed by atoms with Crippen LogP contribution in [0.1, 0.15) is 100 Å². The van der Waals surface area contributed by atoms with E-state index < -0.39 is 0 Å². The van der Waals surface area contributed by atoms with Crippen LogP contribution in [0.4, 0.5) is 0 Å². The van der Waals surface area contributed by atoms with Crippen molar-refractivity contribution in [3.8, 4) is 0 Å². The molecular formula is C31H47N3O2. The highest BCUT2D eigenvalue weighted by molar-refractivity contribution is 5.94. The highest BCUT2D eigenvalue weighted by atomic mass is 16.2. The van der Waals surface area contributed by atoms with Gasteiger partial charge in [-0.15, -0.1) is 0 Å². The molecule has 36 heavy (non-hydrogen) atoms. The van der Waals surface area contributed by atoms with E-state index in [1.165, 1.54) is 30.4 Å². The van der Waals surface area contributed by atoms with Gasteiger partial charge in [0.2, 0.25) is 0 Å². The summed E-state index contributed by atoms with van der Waals surface area (Å²) >= 11 is 0. The van der Waals surface area contributed by atoms with Crippen molar-refractivity contribution in [3.05, 3.63) is 89.2 Å². The van der Waals surface area contributed by atoms with Crippen LogP contribution in [-0.4, -0.2) is 27.5 Å². The summed E-state index contributed by atoms with van der Waals surface area (Å²) in [7, 11) is 0. The Morgan fingerprint density at radius 1 is 1.11 bits per heavy atom. The summed E-state index contributed by atoms with van der Waals surface area (Å²) in [6.07, 6.45) is 13.6. The van der Waals surface area contributed by atoms with Crippen molar-refractivity contribution < 1.29 is 9.90 Å². The normalized spacial score (nSPS) is 13.6. The third-order valence-corrected chi connectivity index (χ3v) is 5.89. The van der Waals surface area contributed by atoms with Gasteiger partial charge in [0, 0.05) is 35.8 Å². The van der Waals surface area contributed by atoms with Gasteiger partial charge in [0.25, 0.3) is 0 Å². The van der Waals surface area contributed by atoms with Crippen LogP contribution < -0.4 is 5.73 Å². The van der Waals surface area contributed by atoms with E-state index in [-0.39, 0.29) is 5.78 Å². The molecule has 2 aromatic rings. The fourth-order valence-corrected chi connectivity index (χ4v) is 3.56. The number of benzene rings is 1. The van der Waals surface area contributed by atoms with E-state index in [0.29, 0.717) is 17.7 Å². The molecule has 0 unspecified atom stereocenters. The van der Waals surface area contributed by atoms with E-state index in [2.05, 4.69) is 36.5 Å². The van der Waals surface area contributed by atoms with E-state index in [1.807, 2.05) is 52.8 Å². The monoisotopic (exact) mass is 493 g/mol. The number of hydrogen-bond donors (Lipinski definition) is 2. The maximum absolute atomic E-state index is 11.2. The molecule has 0 amide bonds. The zero-order chi connectivity index (χ0) is 27.7. The SMILES string of the molecule is C=C/C=C(N)\C=C(/C)c1cnc(C)nc1.CC.CCC1(c2ccc(C(C)=O)cc2C)CC1.CCCO. The van der Waals surface area contributed by atoms with Gasteiger partial charge in [-0.1, -0.05) is 52.5 Å². The summed E-state index contributed by atoms with van der Waals surface area (Å²) in [6, 6.07) is 6.16. The van der Waals surface area contributed by atoms with Crippen LogP contribution in [0.5, 0.6) is 0 Å². The molecule has 0 aliphatic heterocycles. The highest BCUT2D eigenvalue weighted by Gasteiger charge is 2.43. The Kier molecular flexibility index (Phi) is 15.9. The van der Waals surface area contributed by atoms with Crippen molar-refractivity contribution in [1.29, 1.82) is 0 Å². The van der Waals surface area contributed by atoms with Gasteiger partial charge >= 0.3 is 0 Å². The Morgan fingerprint density at radius 3 is 2.06 bits per heavy atom. The predicted octanol–water partition coefficient (Wildman–Crippen LogP) is 7.27. The van der Waals surface area contributed by atoms with Crippen LogP contribution >= 0.6 is 0 Å². The number of ketones is 1. The van der Waals surface area contributed by atoms with E-state index in [0.717, 1.165) is 28.9 Å². The summed E-state index contributed by atoms with van der Waals surface area (Å²) < 4.78 is 0. The lowest BCUT2D eigenvalue weighted by molar-refractivity contribution is 0.101. The third kappa shape index (κ3) is 11.1. The Labute approximate surface area is 219 Å². The number of carbonyl (C=O) groups is 1. The van der Waals surface area contributed by atoms with E-state index in [4.69, 9.17) is 10.8 Å². The molecule has 198 valence electrons. The number of carbonyl (C=O) groups excluding carboxylic acids is 1. The molecule has 1 heterocycles. The zero-order valence-corrected chi connectivity index (χ0v) is 23.7. The minimum absolute atomic E-state index is 0.158. The molecule has 5 nitrogen and oxygen atoms in total. The molecule has 1 saturated carbocycles. The molecule has 1 aliphatic carbocycles. The first-order chi connectivity index (χ1) is 17.1. The lowest BCUT2D eigenvalue weighted by atomic mass is 9.88. The second-order valence-corrected chi connectivity index (χ2v) is 8.69. The second-order valence-electron chi connectivity index (χ2n) is 8.69. The molecule has 0 radical (unpaired) electrons. The maximum atomic E-state index is 11.2. The molecule has 1 aliphatic rings. The first-order valence-corrected chi connectivity index (χ1v) is 12.9. The summed E-state index contributed by atoms with van der Waals surface area (Å²) in [6.45, 7) is 19.7. The summed E-state index contributed by atoms with van der Waals surface area (Å²) in [5, 5.41) is 7.88. The van der Waals surface area contributed by atoms with Gasteiger partial charge in [0.1, 0.15) is 5.82 Å². The number of aliphatic hydroxyl groups is 1. The molecule has 1 aromatic carbocycles. The topological polar surface area (TPSA) is 89.1 Å². The van der Waals surface area contributed by atoms with E-state index in [1.54, 1.807) is 31.5 Å². The zero-order valence-electron chi connectivity index (χ0n) is 23.7. The summed E-state index contributed by atoms with van der Waals surface area (Å²) in [5.41, 5.74) is 12.4. The van der Waals surface area contributed by atoms with Gasteiger partial charge in [-0.3, -0.25) is 4.79 Å². The van der Waals surface area contributed by atoms with Crippen LogP contribution in [0, 0.1) is 13.8 Å². The number of nitrogens with two attached hydrogens (primary N) is 1. The van der Waals surface area contributed by atoms with Crippen molar-refractivity contribution in [2.75, 3.05) is 6.61 Å². The van der Waals surface area contributed by atoms with Crippen molar-refractivity contribution in [3.63, 3.8) is 0 Å². The molecule has 3 N–H and O–H groups in total. The number of hydrogen-bond acceptors (Lipinski definition) is 5. The summed E-state index contributed by atoms with van der Waals surface area (Å²) in [4.78, 5) is 19.5. The van der Waals surface area contributed by atoms with E-state index >= 15 is 0 Å². The predicted molar refractivity (Wildman–Crippen MR) is 154 cm³/mol. The minimum atomic E-state index is 0.158. The molecule has 3 rings (SSSR count). The fourth-order valence-electron chi connectivity index (χ4n) is 3.56. The van der Waals surface area contributed by atoms with Crippen molar-refractivity contribution in [2.45, 2.75) is 86.5 Å². The second kappa shape index (κ2) is 17.4. The average molecular weight is 494 g/mol. The van der Waals surface area contributed by atoms with Crippen LogP contribution in [0.25, 0.3) is 5.57 Å². The number of Topliss-reactive ketones (excluding diaryl/α,β-unsaturated/α-hetero) is 1. The number of aryl methyl sites for hydroxylation is 2. The average Bonchev–Trinajstić information content (AvgIpc) is 3.67. The number of aromatic nitrogens is 2. The van der Waals surface area contributed by atoms with Crippen LogP contribution in [-0.2, 0) is 5.41 Å². The van der Waals surface area contributed by atoms with Gasteiger partial charge in [-0.2, -0.15) is 0 Å². The molecule has 0 bridgehead atoms. The molecule has 5 heteroatoms. The Balaban J connectivity index is 0.000000560. The van der Waals surface area contributed by atoms with Gasteiger partial charge in [-0.25, -0.2) is 9.97 Å². The molecule has 1 fully saturated rings. The lowest BCUT2D eigenvalue weighted by Crippen LogP contribution is -2.07. The Bertz CT molecular complexity index is 999. The molecule has 0 spiro atoms. The van der Waals surface area contributed by atoms with Gasteiger partial charge in [0.05, 0.1) is 0 Å². The first kappa shape index (κ1) is 33.0. The number of allylic oxidation sites excluding steroid dienone is 4. The minimum Gasteiger partial charge on any atom is -0.399 e. The molecule has 0 saturated heterocycles. The number of nitrogens with zero attached hydrogens (tertiary/aromatic N) is 2. The third-order valence-electron chi connectivity index (χ3n) is 5.89. The maximum Gasteiger partial charge on any atom is 0.159 e. The van der Waals surface area contributed by atoms with Crippen molar-refractivity contribution >= 4 is 11.4 Å². The summed E-state index contributed by atoms with van der Waals surface area (Å²) in [5.74, 6) is 0.923. The van der Waals surface area contributed by atoms with Gasteiger partial charge < -0.3 is 10.8 Å². The highest BCUT2D eigenvalue weighted by Crippen LogP contribution is 2.51. The standard InChI is InChI=1S/C14H18O.C12H15N3.C3H8O.C2H6/c1-4-14(7-8-14)13-6-5-12(11(3)15)9-10(13)2;1-4-5-12(13)6-9(2)11-7-14-10(3)15-8-11;1-2-3-4;1-2/h5-6,9H,4,7-8H2,1-3H3;4-8H,1,13H2,2-3H3;4H,2-3H2,1H3;1-2H3/b;9-6+,12-5+;;. The van der Waals surface area contributed by atoms with E-state index in [9.17, 15) is 4.79 Å².